The van der Waals surface area contributed by atoms with Crippen LogP contribution >= 0.6 is 0 Å². The molecule has 0 spiro atoms. The number of nitrogens with one attached hydrogen (secondary N) is 1. The second kappa shape index (κ2) is 10.1. The first-order chi connectivity index (χ1) is 18.5. The third-order valence-corrected chi connectivity index (χ3v) is 7.95. The van der Waals surface area contributed by atoms with Crippen molar-refractivity contribution in [2.24, 2.45) is 0 Å². The van der Waals surface area contributed by atoms with Crippen LogP contribution in [0.15, 0.2) is 42.6 Å². The maximum Gasteiger partial charge on any atom is 0.322 e. The highest BCUT2D eigenvalue weighted by Crippen LogP contribution is 2.27. The van der Waals surface area contributed by atoms with Gasteiger partial charge in [-0.3, -0.25) is 4.79 Å². The third-order valence-electron chi connectivity index (χ3n) is 7.95. The van der Waals surface area contributed by atoms with Crippen LogP contribution in [0.2, 0.25) is 0 Å². The monoisotopic (exact) mass is 514 g/mol. The summed E-state index contributed by atoms with van der Waals surface area (Å²) in [5.74, 6) is 2.92. The Balaban J connectivity index is 1.09. The summed E-state index contributed by atoms with van der Waals surface area (Å²) in [5.41, 5.74) is 2.73. The van der Waals surface area contributed by atoms with Crippen molar-refractivity contribution in [2.45, 2.75) is 58.2 Å². The molecule has 3 aliphatic rings. The topological polar surface area (TPSA) is 99.5 Å². The van der Waals surface area contributed by atoms with Crippen molar-refractivity contribution in [3.8, 4) is 0 Å². The SMILES string of the molecule is CC(C)c1nnc2n1CCN(C(=O)c1ccnc(N3CCC(N4CCc5ccccc5NC4=O)CC3)c1)C2. The van der Waals surface area contributed by atoms with Gasteiger partial charge in [0.15, 0.2) is 5.82 Å². The molecule has 0 unspecified atom stereocenters. The largest absolute Gasteiger partial charge is 0.356 e. The molecule has 0 aliphatic carbocycles. The van der Waals surface area contributed by atoms with Crippen molar-refractivity contribution in [2.75, 3.05) is 36.4 Å². The van der Waals surface area contributed by atoms with Gasteiger partial charge in [-0.1, -0.05) is 32.0 Å². The fraction of sp³-hybridized carbons (Fsp3) is 0.464. The smallest absolute Gasteiger partial charge is 0.322 e. The minimum Gasteiger partial charge on any atom is -0.356 e. The number of benzene rings is 1. The lowest BCUT2D eigenvalue weighted by molar-refractivity contribution is 0.0706. The van der Waals surface area contributed by atoms with Gasteiger partial charge in [0.25, 0.3) is 5.91 Å². The van der Waals surface area contributed by atoms with Gasteiger partial charge in [-0.15, -0.1) is 10.2 Å². The third kappa shape index (κ3) is 4.59. The van der Waals surface area contributed by atoms with Crippen LogP contribution in [0.3, 0.4) is 0 Å². The molecule has 1 aromatic carbocycles. The lowest BCUT2D eigenvalue weighted by atomic mass is 10.0. The van der Waals surface area contributed by atoms with Gasteiger partial charge in [0, 0.05) is 62.1 Å². The minimum atomic E-state index is -0.0167. The Morgan fingerprint density at radius 2 is 1.84 bits per heavy atom. The lowest BCUT2D eigenvalue weighted by Gasteiger charge is -2.38. The van der Waals surface area contributed by atoms with E-state index in [1.54, 1.807) is 12.3 Å². The molecule has 5 heterocycles. The van der Waals surface area contributed by atoms with Gasteiger partial charge >= 0.3 is 6.03 Å². The second-order valence-corrected chi connectivity index (χ2v) is 10.7. The quantitative estimate of drug-likeness (QED) is 0.572. The number of urea groups is 1. The number of amides is 3. The fourth-order valence-electron chi connectivity index (χ4n) is 5.83. The minimum absolute atomic E-state index is 0.00955. The number of pyridine rings is 1. The number of hydrogen-bond donors (Lipinski definition) is 1. The molecular weight excluding hydrogens is 480 g/mol. The van der Waals surface area contributed by atoms with Crippen molar-refractivity contribution >= 4 is 23.4 Å². The van der Waals surface area contributed by atoms with Crippen LogP contribution < -0.4 is 10.2 Å². The molecule has 38 heavy (non-hydrogen) atoms. The van der Waals surface area contributed by atoms with Gasteiger partial charge in [-0.2, -0.15) is 0 Å². The molecule has 1 saturated heterocycles. The predicted molar refractivity (Wildman–Crippen MR) is 144 cm³/mol. The summed E-state index contributed by atoms with van der Waals surface area (Å²) in [6.45, 7) is 8.32. The van der Waals surface area contributed by atoms with Gasteiger partial charge in [0.2, 0.25) is 0 Å². The van der Waals surface area contributed by atoms with Crippen molar-refractivity contribution in [3.63, 3.8) is 0 Å². The lowest BCUT2D eigenvalue weighted by Crippen LogP contribution is -2.49. The van der Waals surface area contributed by atoms with Gasteiger partial charge in [0.05, 0.1) is 6.54 Å². The van der Waals surface area contributed by atoms with E-state index in [1.807, 2.05) is 34.1 Å². The molecule has 10 nitrogen and oxygen atoms in total. The average molecular weight is 515 g/mol. The summed E-state index contributed by atoms with van der Waals surface area (Å²) >= 11 is 0. The molecule has 10 heteroatoms. The van der Waals surface area contributed by atoms with Gasteiger partial charge in [-0.25, -0.2) is 9.78 Å². The van der Waals surface area contributed by atoms with E-state index in [9.17, 15) is 9.59 Å². The molecule has 6 rings (SSSR count). The predicted octanol–water partition coefficient (Wildman–Crippen LogP) is 3.51. The molecule has 0 atom stereocenters. The van der Waals surface area contributed by atoms with E-state index in [2.05, 4.69) is 49.9 Å². The summed E-state index contributed by atoms with van der Waals surface area (Å²) in [6.07, 6.45) is 4.30. The van der Waals surface area contributed by atoms with Crippen LogP contribution in [0, 0.1) is 0 Å². The Morgan fingerprint density at radius 1 is 1.03 bits per heavy atom. The number of hydrogen-bond acceptors (Lipinski definition) is 6. The molecule has 3 aromatic rings. The highest BCUT2D eigenvalue weighted by molar-refractivity contribution is 5.95. The summed E-state index contributed by atoms with van der Waals surface area (Å²) in [5, 5.41) is 11.7. The van der Waals surface area contributed by atoms with E-state index in [4.69, 9.17) is 0 Å². The molecule has 2 aromatic heterocycles. The van der Waals surface area contributed by atoms with E-state index in [0.29, 0.717) is 31.1 Å². The highest BCUT2D eigenvalue weighted by atomic mass is 16.2. The molecular formula is C28H34N8O2. The summed E-state index contributed by atoms with van der Waals surface area (Å²) in [7, 11) is 0. The van der Waals surface area contributed by atoms with Crippen LogP contribution in [-0.2, 0) is 19.5 Å². The highest BCUT2D eigenvalue weighted by Gasteiger charge is 2.31. The molecule has 1 fully saturated rings. The standard InChI is InChI=1S/C28H34N8O2/c1-19(2)26-32-31-25-18-34(15-16-36(25)26)27(37)21-7-11-29-24(17-21)33-12-9-22(10-13-33)35-14-8-20-5-3-4-6-23(20)30-28(35)38/h3-7,11,17,19,22H,8-10,12-16,18H2,1-2H3,(H,30,38). The molecule has 3 amide bonds. The van der Waals surface area contributed by atoms with Crippen molar-refractivity contribution in [1.82, 2.24) is 29.5 Å². The van der Waals surface area contributed by atoms with Crippen molar-refractivity contribution < 1.29 is 9.59 Å². The van der Waals surface area contributed by atoms with E-state index < -0.39 is 0 Å². The molecule has 1 N–H and O–H groups in total. The Bertz CT molecular complexity index is 1340. The summed E-state index contributed by atoms with van der Waals surface area (Å²) in [6, 6.07) is 11.9. The molecule has 0 radical (unpaired) electrons. The zero-order valence-electron chi connectivity index (χ0n) is 22.0. The number of anilines is 2. The molecule has 198 valence electrons. The molecule has 0 saturated carbocycles. The number of rotatable bonds is 4. The number of aromatic nitrogens is 4. The zero-order valence-corrected chi connectivity index (χ0v) is 22.0. The van der Waals surface area contributed by atoms with Gasteiger partial charge < -0.3 is 24.6 Å². The van der Waals surface area contributed by atoms with E-state index in [0.717, 1.165) is 62.1 Å². The Hall–Kier alpha value is -3.95. The molecule has 3 aliphatic heterocycles. The zero-order chi connectivity index (χ0) is 26.2. The number of para-hydroxylation sites is 1. The Labute approximate surface area is 222 Å². The van der Waals surface area contributed by atoms with Crippen LogP contribution in [0.5, 0.6) is 0 Å². The van der Waals surface area contributed by atoms with Crippen LogP contribution in [-0.4, -0.2) is 73.7 Å². The first kappa shape index (κ1) is 24.4. The van der Waals surface area contributed by atoms with Gasteiger partial charge in [-0.05, 0) is 43.0 Å². The van der Waals surface area contributed by atoms with E-state index >= 15 is 0 Å². The second-order valence-electron chi connectivity index (χ2n) is 10.7. The molecule has 0 bridgehead atoms. The summed E-state index contributed by atoms with van der Waals surface area (Å²) < 4.78 is 2.14. The van der Waals surface area contributed by atoms with Gasteiger partial charge in [0.1, 0.15) is 11.6 Å². The maximum absolute atomic E-state index is 13.4. The van der Waals surface area contributed by atoms with Crippen molar-refractivity contribution in [1.29, 1.82) is 0 Å². The Kier molecular flexibility index (Phi) is 6.47. The fourth-order valence-corrected chi connectivity index (χ4v) is 5.83. The summed E-state index contributed by atoms with van der Waals surface area (Å²) in [4.78, 5) is 37.0. The maximum atomic E-state index is 13.4. The Morgan fingerprint density at radius 3 is 2.66 bits per heavy atom. The first-order valence-electron chi connectivity index (χ1n) is 13.6. The number of carbonyl (C=O) groups is 2. The number of carbonyl (C=O) groups excluding carboxylic acids is 2. The normalized spacial score (nSPS) is 18.2. The number of fused-ring (bicyclic) bond motifs is 2. The number of nitrogens with zero attached hydrogens (tertiary/aromatic N) is 7. The van der Waals surface area contributed by atoms with Crippen LogP contribution in [0.1, 0.15) is 60.2 Å². The van der Waals surface area contributed by atoms with Crippen LogP contribution in [0.25, 0.3) is 0 Å². The first-order valence-corrected chi connectivity index (χ1v) is 13.6. The van der Waals surface area contributed by atoms with E-state index in [1.165, 1.54) is 5.56 Å². The van der Waals surface area contributed by atoms with E-state index in [-0.39, 0.29) is 18.0 Å². The average Bonchev–Trinajstić information content (AvgIpc) is 3.30. The van der Waals surface area contributed by atoms with Crippen molar-refractivity contribution in [3.05, 3.63) is 65.4 Å². The van der Waals surface area contributed by atoms with Crippen LogP contribution in [0.4, 0.5) is 16.3 Å². The number of piperidine rings is 1.